The zero-order valence-electron chi connectivity index (χ0n) is 57.3. The van der Waals surface area contributed by atoms with E-state index in [1.54, 1.807) is 6.07 Å². The van der Waals surface area contributed by atoms with Crippen LogP contribution >= 0.6 is 0 Å². The van der Waals surface area contributed by atoms with E-state index in [1.165, 1.54) is 58.3 Å². The molecule has 2 aliphatic rings. The molecule has 14 rings (SSSR count). The van der Waals surface area contributed by atoms with Crippen LogP contribution in [0.4, 0.5) is 69.1 Å². The van der Waals surface area contributed by atoms with Crippen LogP contribution in [0.1, 0.15) is 81.1 Å². The Bertz CT molecular complexity index is 4230. The number of nitrogens with zero attached hydrogens (tertiary/aromatic N) is 13. The van der Waals surface area contributed by atoms with Gasteiger partial charge in [0.05, 0.1) is 73.0 Å². The molecule has 2 aliphatic carbocycles. The van der Waals surface area contributed by atoms with E-state index in [4.69, 9.17) is 25.2 Å². The SMILES string of the molecule is CC#N.CN(Cc1ccc2ccc3cccnc3c2n1)[C@@H]1CCCC[C@H]1N(C)Cc1ccc2ccc3cccnc3c2n1.CN(Cc1ccc2ccc3cccnc3c2n1)[C@H]1CCCC[C@@H]1N(C)Cc1ccc2ccc3cccnc3c2n1.F[B-](F)(F)F.F[B-](F)(F)F.F[B-](F)(F)F.F[B-](F)(F)F.[Fe+4].[Fe+4]. The van der Waals surface area contributed by atoms with E-state index in [2.05, 4.69) is 189 Å². The van der Waals surface area contributed by atoms with Crippen LogP contribution in [0.3, 0.4) is 0 Å². The molecule has 4 aromatic carbocycles. The summed E-state index contributed by atoms with van der Waals surface area (Å²) < 4.78 is 156. The van der Waals surface area contributed by atoms with Gasteiger partial charge in [0.15, 0.2) is 0 Å². The normalized spacial score (nSPS) is 16.1. The first-order valence-corrected chi connectivity index (χ1v) is 32.8. The second kappa shape index (κ2) is 38.8. The Morgan fingerprint density at radius 1 is 0.305 bits per heavy atom. The second-order valence-electron chi connectivity index (χ2n) is 24.8. The van der Waals surface area contributed by atoms with E-state index >= 15 is 0 Å². The maximum absolute atomic E-state index is 9.75. The summed E-state index contributed by atoms with van der Waals surface area (Å²) in [5.41, 5.74) is 12.2. The fourth-order valence-corrected chi connectivity index (χ4v) is 13.1. The Morgan fingerprint density at radius 2 is 0.457 bits per heavy atom. The van der Waals surface area contributed by atoms with Gasteiger partial charge in [-0.15, -0.1) is 0 Å². The molecule has 0 N–H and O–H groups in total. The molecule has 2 saturated carbocycles. The molecule has 8 heterocycles. The maximum atomic E-state index is 9.75. The van der Waals surface area contributed by atoms with Crippen molar-refractivity contribution in [3.05, 3.63) is 193 Å². The first-order valence-electron chi connectivity index (χ1n) is 32.8. The van der Waals surface area contributed by atoms with Gasteiger partial charge in [0, 0.05) is 125 Å². The van der Waals surface area contributed by atoms with Crippen LogP contribution < -0.4 is 0 Å². The van der Waals surface area contributed by atoms with E-state index in [-0.39, 0.29) is 34.1 Å². The molecule has 0 radical (unpaired) electrons. The Labute approximate surface area is 617 Å². The van der Waals surface area contributed by atoms with Crippen molar-refractivity contribution in [3.63, 3.8) is 0 Å². The van der Waals surface area contributed by atoms with E-state index in [1.807, 2.05) is 49.1 Å². The molecular weight excluding hydrogens is 1480 g/mol. The molecule has 2 fully saturated rings. The Kier molecular flexibility index (Phi) is 31.6. The minimum absolute atomic E-state index is 0. The molecule has 0 unspecified atom stereocenters. The Balaban J connectivity index is 0.000000251. The molecule has 0 amide bonds. The van der Waals surface area contributed by atoms with Crippen LogP contribution in [-0.4, -0.2) is 141 Å². The predicted octanol–water partition coefficient (Wildman–Crippen LogP) is 19.2. The quantitative estimate of drug-likeness (QED) is 0.0652. The molecule has 13 nitrogen and oxygen atoms in total. The van der Waals surface area contributed by atoms with E-state index < -0.39 is 29.0 Å². The summed E-state index contributed by atoms with van der Waals surface area (Å²) >= 11 is 0. The van der Waals surface area contributed by atoms with Crippen molar-refractivity contribution in [1.82, 2.24) is 59.5 Å². The largest absolute Gasteiger partial charge is 4.00 e. The summed E-state index contributed by atoms with van der Waals surface area (Å²) in [4.78, 5) is 49.0. The van der Waals surface area contributed by atoms with Gasteiger partial charge in [0.1, 0.15) is 0 Å². The number of aromatic nitrogens is 8. The summed E-state index contributed by atoms with van der Waals surface area (Å²) in [7, 11) is -15.0. The average molecular weight is 1550 g/mol. The number of nitriles is 1. The Hall–Kier alpha value is -8.33. The monoisotopic (exact) mass is 1550 g/mol. The summed E-state index contributed by atoms with van der Waals surface area (Å²) in [6, 6.07) is 54.5. The van der Waals surface area contributed by atoms with Gasteiger partial charge in [0.25, 0.3) is 0 Å². The van der Waals surface area contributed by atoms with Crippen LogP contribution in [0.5, 0.6) is 0 Å². The summed E-state index contributed by atoms with van der Waals surface area (Å²) in [5.74, 6) is 0. The van der Waals surface area contributed by atoms with Crippen LogP contribution in [0.2, 0.25) is 0 Å². The molecule has 12 aromatic rings. The molecule has 0 aliphatic heterocycles. The number of hydrogen-bond donors (Lipinski definition) is 0. The smallest absolute Gasteiger partial charge is 0.418 e. The number of pyridine rings is 8. The zero-order valence-corrected chi connectivity index (χ0v) is 59.5. The van der Waals surface area contributed by atoms with Gasteiger partial charge in [-0.3, -0.25) is 39.5 Å². The van der Waals surface area contributed by atoms with Crippen molar-refractivity contribution in [2.45, 2.75) is 109 Å². The average Bonchev–Trinajstić information content (AvgIpc) is 0.800. The Morgan fingerprint density at radius 3 is 0.629 bits per heavy atom. The minimum Gasteiger partial charge on any atom is -0.418 e. The minimum atomic E-state index is -6.00. The second-order valence-corrected chi connectivity index (χ2v) is 24.8. The fraction of sp³-hybridized carbons (Fsp3) is 0.300. The number of benzene rings is 4. The molecule has 35 heteroatoms. The van der Waals surface area contributed by atoms with Crippen molar-refractivity contribution in [1.29, 1.82) is 5.26 Å². The summed E-state index contributed by atoms with van der Waals surface area (Å²) in [6.45, 7) is 4.71. The van der Waals surface area contributed by atoms with Gasteiger partial charge < -0.3 is 69.1 Å². The fourth-order valence-electron chi connectivity index (χ4n) is 13.1. The van der Waals surface area contributed by atoms with Gasteiger partial charge in [-0.05, 0) is 102 Å². The number of likely N-dealkylation sites (N-methyl/N-ethyl adjacent to an activating group) is 4. The van der Waals surface area contributed by atoms with Crippen molar-refractivity contribution in [2.75, 3.05) is 28.2 Å². The van der Waals surface area contributed by atoms with Gasteiger partial charge in [-0.2, -0.15) is 5.26 Å². The van der Waals surface area contributed by atoms with E-state index in [9.17, 15) is 69.1 Å². The third kappa shape index (κ3) is 26.6. The van der Waals surface area contributed by atoms with Crippen molar-refractivity contribution in [3.8, 4) is 6.07 Å². The van der Waals surface area contributed by atoms with Gasteiger partial charge in [-0.1, -0.05) is 123 Å². The third-order valence-electron chi connectivity index (χ3n) is 17.3. The number of rotatable bonds is 12. The van der Waals surface area contributed by atoms with E-state index in [0.717, 1.165) is 136 Å². The number of hydrogen-bond acceptors (Lipinski definition) is 13. The molecule has 0 bridgehead atoms. The van der Waals surface area contributed by atoms with Crippen LogP contribution in [0.25, 0.3) is 87.2 Å². The van der Waals surface area contributed by atoms with Gasteiger partial charge in [0.2, 0.25) is 0 Å². The molecule has 105 heavy (non-hydrogen) atoms. The first-order chi connectivity index (χ1) is 48.7. The third-order valence-corrected chi connectivity index (χ3v) is 17.3. The van der Waals surface area contributed by atoms with Crippen molar-refractivity contribution in [2.24, 2.45) is 0 Å². The van der Waals surface area contributed by atoms with Gasteiger partial charge in [-0.25, -0.2) is 19.9 Å². The molecule has 0 spiro atoms. The number of halogens is 16. The van der Waals surface area contributed by atoms with Crippen LogP contribution in [0, 0.1) is 11.3 Å². The number of fused-ring (bicyclic) bond motifs is 12. The van der Waals surface area contributed by atoms with Crippen LogP contribution in [-0.2, 0) is 60.3 Å². The van der Waals surface area contributed by atoms with Crippen molar-refractivity contribution < 1.29 is 103 Å². The van der Waals surface area contributed by atoms with Crippen molar-refractivity contribution >= 4 is 116 Å². The molecule has 552 valence electrons. The first kappa shape index (κ1) is 85.6. The molecular formula is C70H71B4F16Fe2N13+4. The molecule has 8 aromatic heterocycles. The summed E-state index contributed by atoms with van der Waals surface area (Å²) in [5, 5.41) is 16.4. The zero-order chi connectivity index (χ0) is 74.8. The maximum Gasteiger partial charge on any atom is 4.00 e. The topological polar surface area (TPSA) is 140 Å². The summed E-state index contributed by atoms with van der Waals surface area (Å²) in [6.07, 6.45) is 17.3. The predicted molar refractivity (Wildman–Crippen MR) is 378 cm³/mol. The molecule has 0 saturated heterocycles. The molecule has 4 atom stereocenters. The van der Waals surface area contributed by atoms with Crippen LogP contribution in [0.15, 0.2) is 170 Å². The standard InChI is InChI=1S/2C34H34N6.C2H3N.4BF4.2Fe/c2*1-39(21-27-17-15-25-13-11-23-7-5-19-35-31(23)33(25)37-27)29-9-3-4-10-30(29)40(2)22-28-18-16-26-14-12-24-8-6-20-36-32(24)34(26)38-28;1-2-3;4*2-1(3,4)5;;/h2*5-8,11-20,29-30H,3-4,9-10,21-22H2,1-2H3;1H3;;;;;;/q;;;4*-1;2*+4/t2*29-,30-;;;;;;;/m10......./s1. The van der Waals surface area contributed by atoms with Gasteiger partial charge >= 0.3 is 63.2 Å². The van der Waals surface area contributed by atoms with E-state index in [0.29, 0.717) is 24.2 Å².